The number of hydrogen-bond donors (Lipinski definition) is 1. The van der Waals surface area contributed by atoms with E-state index in [-0.39, 0.29) is 5.91 Å². The number of amides is 1. The molecule has 4 aromatic rings. The number of pyridine rings is 2. The van der Waals surface area contributed by atoms with Crippen LogP contribution in [-0.4, -0.2) is 72.1 Å². The molecule has 10 nitrogen and oxygen atoms in total. The molecule has 1 amide bonds. The maximum Gasteiger partial charge on any atom is 0.254 e. The topological polar surface area (TPSA) is 116 Å². The van der Waals surface area contributed by atoms with Crippen molar-refractivity contribution in [3.63, 3.8) is 0 Å². The van der Waals surface area contributed by atoms with Crippen LogP contribution in [0.4, 0.5) is 5.82 Å². The van der Waals surface area contributed by atoms with Crippen molar-refractivity contribution in [3.05, 3.63) is 54.7 Å². The van der Waals surface area contributed by atoms with Gasteiger partial charge in [0.2, 0.25) is 0 Å². The third kappa shape index (κ3) is 3.70. The number of carbonyl (C=O) groups excluding carboxylic acids is 1. The van der Waals surface area contributed by atoms with Crippen LogP contribution in [0.2, 0.25) is 0 Å². The summed E-state index contributed by atoms with van der Waals surface area (Å²) in [6.07, 6.45) is 10.2. The summed E-state index contributed by atoms with van der Waals surface area (Å²) < 4.78 is 3.48. The first-order valence-corrected chi connectivity index (χ1v) is 11.6. The number of carbonyl (C=O) groups is 1. The third-order valence-corrected chi connectivity index (χ3v) is 6.84. The lowest BCUT2D eigenvalue weighted by Gasteiger charge is -2.36. The average Bonchev–Trinajstić information content (AvgIpc) is 3.28. The summed E-state index contributed by atoms with van der Waals surface area (Å²) in [6, 6.07) is 8.25. The van der Waals surface area contributed by atoms with Crippen molar-refractivity contribution in [3.8, 4) is 28.3 Å². The van der Waals surface area contributed by atoms with Gasteiger partial charge in [0.1, 0.15) is 17.5 Å². The molecule has 5 heterocycles. The van der Waals surface area contributed by atoms with Crippen molar-refractivity contribution in [2.75, 3.05) is 31.1 Å². The molecule has 0 spiro atoms. The van der Waals surface area contributed by atoms with Gasteiger partial charge in [-0.2, -0.15) is 15.5 Å². The first-order chi connectivity index (χ1) is 16.9. The first kappa shape index (κ1) is 21.3. The van der Waals surface area contributed by atoms with E-state index in [0.717, 1.165) is 33.6 Å². The van der Waals surface area contributed by atoms with E-state index in [2.05, 4.69) is 21.2 Å². The van der Waals surface area contributed by atoms with Gasteiger partial charge in [-0.05, 0) is 31.0 Å². The molecule has 176 valence electrons. The summed E-state index contributed by atoms with van der Waals surface area (Å²) in [7, 11) is 1.87. The van der Waals surface area contributed by atoms with Gasteiger partial charge in [0, 0.05) is 74.1 Å². The minimum Gasteiger partial charge on any atom is -0.380 e. The molecule has 6 rings (SSSR count). The second-order valence-corrected chi connectivity index (χ2v) is 9.22. The molecule has 0 atom stereocenters. The monoisotopic (exact) mass is 468 g/mol. The molecule has 1 N–H and O–H groups in total. The molecule has 4 aromatic heterocycles. The van der Waals surface area contributed by atoms with Crippen LogP contribution >= 0.6 is 0 Å². The molecule has 2 aliphatic rings. The Labute approximate surface area is 201 Å². The lowest BCUT2D eigenvalue weighted by atomic mass is 10.0. The number of hydrogen-bond acceptors (Lipinski definition) is 7. The Morgan fingerprint density at radius 3 is 2.46 bits per heavy atom. The van der Waals surface area contributed by atoms with Crippen molar-refractivity contribution in [2.24, 2.45) is 7.05 Å². The highest BCUT2D eigenvalue weighted by molar-refractivity contribution is 5.88. The largest absolute Gasteiger partial charge is 0.380 e. The Kier molecular flexibility index (Phi) is 4.82. The summed E-state index contributed by atoms with van der Waals surface area (Å²) in [5.41, 5.74) is 3.76. The maximum absolute atomic E-state index is 12.4. The quantitative estimate of drug-likeness (QED) is 0.486. The van der Waals surface area contributed by atoms with Gasteiger partial charge in [-0.25, -0.2) is 9.50 Å². The fourth-order valence-corrected chi connectivity index (χ4v) is 4.65. The van der Waals surface area contributed by atoms with Gasteiger partial charge >= 0.3 is 0 Å². The van der Waals surface area contributed by atoms with Gasteiger partial charge in [0.25, 0.3) is 5.91 Å². The van der Waals surface area contributed by atoms with E-state index in [0.29, 0.717) is 44.6 Å². The van der Waals surface area contributed by atoms with Crippen LogP contribution in [0, 0.1) is 11.3 Å². The Morgan fingerprint density at radius 2 is 1.83 bits per heavy atom. The highest BCUT2D eigenvalue weighted by atomic mass is 16.3. The van der Waals surface area contributed by atoms with Gasteiger partial charge in [-0.1, -0.05) is 0 Å². The van der Waals surface area contributed by atoms with Crippen molar-refractivity contribution in [2.45, 2.75) is 18.4 Å². The number of piperazine rings is 1. The van der Waals surface area contributed by atoms with Crippen LogP contribution < -0.4 is 4.90 Å². The smallest absolute Gasteiger partial charge is 0.254 e. The summed E-state index contributed by atoms with van der Waals surface area (Å²) in [5, 5.41) is 28.4. The number of aryl methyl sites for hydroxylation is 1. The Balaban J connectivity index is 1.28. The van der Waals surface area contributed by atoms with Crippen molar-refractivity contribution in [1.82, 2.24) is 29.3 Å². The first-order valence-electron chi connectivity index (χ1n) is 11.6. The fraction of sp³-hybridized carbons (Fsp3) is 0.320. The maximum atomic E-state index is 12.4. The predicted molar refractivity (Wildman–Crippen MR) is 128 cm³/mol. The van der Waals surface area contributed by atoms with E-state index in [1.165, 1.54) is 0 Å². The third-order valence-electron chi connectivity index (χ3n) is 6.84. The number of aliphatic hydroxyl groups is 1. The molecule has 35 heavy (non-hydrogen) atoms. The van der Waals surface area contributed by atoms with E-state index in [4.69, 9.17) is 4.98 Å². The zero-order valence-electron chi connectivity index (χ0n) is 19.3. The average molecular weight is 469 g/mol. The number of nitrogens with zero attached hydrogens (tertiary/aromatic N) is 8. The molecule has 0 unspecified atom stereocenters. The SMILES string of the molecule is Cn1cc(-c2cc(-c3ccc(N4CCN(C(=O)C5(O)CC5)CC4)nc3)c3c(C#N)cnn3c2)cn1. The minimum atomic E-state index is -1.12. The Bertz CT molecular complexity index is 1470. The van der Waals surface area contributed by atoms with Crippen LogP contribution in [-0.2, 0) is 11.8 Å². The van der Waals surface area contributed by atoms with Gasteiger partial charge < -0.3 is 14.9 Å². The molecule has 2 fully saturated rings. The van der Waals surface area contributed by atoms with E-state index in [9.17, 15) is 15.2 Å². The Morgan fingerprint density at radius 1 is 1.03 bits per heavy atom. The van der Waals surface area contributed by atoms with Crippen molar-refractivity contribution < 1.29 is 9.90 Å². The Hall–Kier alpha value is -4.23. The van der Waals surface area contributed by atoms with Crippen molar-refractivity contribution >= 4 is 17.2 Å². The number of nitriles is 1. The predicted octanol–water partition coefficient (Wildman–Crippen LogP) is 1.84. The van der Waals surface area contributed by atoms with Gasteiger partial charge in [0.15, 0.2) is 0 Å². The fourth-order valence-electron chi connectivity index (χ4n) is 4.65. The molecule has 1 aliphatic carbocycles. The highest BCUT2D eigenvalue weighted by Crippen LogP contribution is 2.37. The number of aromatic nitrogens is 5. The van der Waals surface area contributed by atoms with E-state index in [1.54, 1.807) is 26.5 Å². The van der Waals surface area contributed by atoms with Crippen LogP contribution in [0.1, 0.15) is 18.4 Å². The molecule has 0 aromatic carbocycles. The molecule has 1 saturated heterocycles. The molecule has 1 aliphatic heterocycles. The molecular formula is C25H24N8O2. The molecule has 10 heteroatoms. The number of anilines is 1. The molecular weight excluding hydrogens is 444 g/mol. The van der Waals surface area contributed by atoms with Crippen molar-refractivity contribution in [1.29, 1.82) is 5.26 Å². The summed E-state index contributed by atoms with van der Waals surface area (Å²) in [4.78, 5) is 21.0. The summed E-state index contributed by atoms with van der Waals surface area (Å²) in [5.74, 6) is 0.687. The lowest BCUT2D eigenvalue weighted by molar-refractivity contribution is -0.142. The molecule has 0 radical (unpaired) electrons. The summed E-state index contributed by atoms with van der Waals surface area (Å²) >= 11 is 0. The second kappa shape index (κ2) is 7.92. The van der Waals surface area contributed by atoms with E-state index >= 15 is 0 Å². The highest BCUT2D eigenvalue weighted by Gasteiger charge is 2.50. The zero-order chi connectivity index (χ0) is 24.2. The zero-order valence-corrected chi connectivity index (χ0v) is 19.3. The van der Waals surface area contributed by atoms with Gasteiger partial charge in [-0.3, -0.25) is 9.48 Å². The van der Waals surface area contributed by atoms with Gasteiger partial charge in [0.05, 0.1) is 23.5 Å². The number of rotatable bonds is 4. The lowest BCUT2D eigenvalue weighted by Crippen LogP contribution is -2.52. The van der Waals surface area contributed by atoms with E-state index in [1.807, 2.05) is 43.8 Å². The molecule has 1 saturated carbocycles. The molecule has 0 bridgehead atoms. The van der Waals surface area contributed by atoms with Crippen LogP contribution in [0.25, 0.3) is 27.8 Å². The van der Waals surface area contributed by atoms with E-state index < -0.39 is 5.60 Å². The van der Waals surface area contributed by atoms with Crippen LogP contribution in [0.3, 0.4) is 0 Å². The second-order valence-electron chi connectivity index (χ2n) is 9.22. The number of fused-ring (bicyclic) bond motifs is 1. The standard InChI is InChI=1S/C25H24N8O2/c1-30-15-20(14-28-30)18-10-21(23-19(11-26)13-29-33(23)16-18)17-2-3-22(27-12-17)31-6-8-32(9-7-31)24(34)25(35)4-5-25/h2-3,10,12-16,35H,4-9H2,1H3. The van der Waals surface area contributed by atoms with Crippen LogP contribution in [0.15, 0.2) is 49.2 Å². The van der Waals surface area contributed by atoms with Gasteiger partial charge in [-0.15, -0.1) is 0 Å². The normalized spacial score (nSPS) is 16.9. The minimum absolute atomic E-state index is 0.146. The summed E-state index contributed by atoms with van der Waals surface area (Å²) in [6.45, 7) is 2.46. The van der Waals surface area contributed by atoms with Crippen LogP contribution in [0.5, 0.6) is 0 Å².